The Hall–Kier alpha value is -1.98. The highest BCUT2D eigenvalue weighted by Crippen LogP contribution is 2.25. The Balaban J connectivity index is 1.64. The summed E-state index contributed by atoms with van der Waals surface area (Å²) in [7, 11) is 0. The smallest absolute Gasteiger partial charge is 0.0794 e. The highest BCUT2D eigenvalue weighted by Gasteiger charge is 2.07. The van der Waals surface area contributed by atoms with Gasteiger partial charge in [0.1, 0.15) is 0 Å². The van der Waals surface area contributed by atoms with Crippen LogP contribution in [0.5, 0.6) is 0 Å². The molecule has 96 valence electrons. The summed E-state index contributed by atoms with van der Waals surface area (Å²) >= 11 is 1.72. The van der Waals surface area contributed by atoms with E-state index in [0.29, 0.717) is 0 Å². The maximum atomic E-state index is 4.13. The minimum Gasteiger partial charge on any atom is -0.308 e. The predicted octanol–water partition coefficient (Wildman–Crippen LogP) is 2.82. The quantitative estimate of drug-likeness (QED) is 0.749. The van der Waals surface area contributed by atoms with Gasteiger partial charge in [0.25, 0.3) is 0 Å². The van der Waals surface area contributed by atoms with E-state index in [2.05, 4.69) is 38.0 Å². The maximum absolute atomic E-state index is 4.13. The molecule has 0 atom stereocenters. The first-order valence-corrected chi connectivity index (χ1v) is 6.97. The normalized spacial score (nSPS) is 10.7. The van der Waals surface area contributed by atoms with Crippen molar-refractivity contribution in [2.45, 2.75) is 13.1 Å². The van der Waals surface area contributed by atoms with E-state index in [1.54, 1.807) is 17.5 Å². The van der Waals surface area contributed by atoms with Gasteiger partial charge < -0.3 is 5.32 Å². The van der Waals surface area contributed by atoms with E-state index < -0.39 is 0 Å². The van der Waals surface area contributed by atoms with E-state index in [1.807, 2.05) is 24.5 Å². The number of aromatic nitrogens is 3. The summed E-state index contributed by atoms with van der Waals surface area (Å²) in [4.78, 5) is 5.32. The summed E-state index contributed by atoms with van der Waals surface area (Å²) in [5, 5.41) is 12.7. The fourth-order valence-electron chi connectivity index (χ4n) is 1.92. The second-order valence-electron chi connectivity index (χ2n) is 4.21. The second-order valence-corrected chi connectivity index (χ2v) is 5.16. The number of hydrogen-bond acceptors (Lipinski definition) is 4. The van der Waals surface area contributed by atoms with Crippen LogP contribution in [0.25, 0.3) is 10.6 Å². The van der Waals surface area contributed by atoms with Gasteiger partial charge >= 0.3 is 0 Å². The van der Waals surface area contributed by atoms with Crippen molar-refractivity contribution < 1.29 is 0 Å². The third kappa shape index (κ3) is 2.89. The molecular weight excluding hydrogens is 256 g/mol. The van der Waals surface area contributed by atoms with Crippen LogP contribution in [0.3, 0.4) is 0 Å². The van der Waals surface area contributed by atoms with Gasteiger partial charge in [-0.25, -0.2) is 0 Å². The molecule has 0 aliphatic carbocycles. The molecule has 2 N–H and O–H groups in total. The van der Waals surface area contributed by atoms with Gasteiger partial charge in [0.2, 0.25) is 0 Å². The highest BCUT2D eigenvalue weighted by atomic mass is 32.1. The Morgan fingerprint density at radius 1 is 1.16 bits per heavy atom. The molecule has 0 unspecified atom stereocenters. The van der Waals surface area contributed by atoms with Crippen LogP contribution in [0.15, 0.2) is 48.2 Å². The van der Waals surface area contributed by atoms with E-state index in [0.717, 1.165) is 18.8 Å². The van der Waals surface area contributed by atoms with E-state index in [9.17, 15) is 0 Å². The fraction of sp³-hybridized carbons (Fsp3) is 0.143. The van der Waals surface area contributed by atoms with Gasteiger partial charge in [0.15, 0.2) is 0 Å². The zero-order chi connectivity index (χ0) is 12.9. The van der Waals surface area contributed by atoms with Gasteiger partial charge in [-0.3, -0.25) is 10.1 Å². The number of nitrogens with one attached hydrogen (secondary N) is 2. The molecule has 0 spiro atoms. The minimum atomic E-state index is 0.790. The van der Waals surface area contributed by atoms with Gasteiger partial charge in [0, 0.05) is 31.0 Å². The lowest BCUT2D eigenvalue weighted by atomic mass is 10.2. The largest absolute Gasteiger partial charge is 0.308 e. The Labute approximate surface area is 115 Å². The standard InChI is InChI=1S/C14H14N4S/c1-3-11(7-15-5-1)8-16-9-12-10-17-18-14(12)13-4-2-6-19-13/h1-7,10,16H,8-9H2,(H,17,18). The number of thiophene rings is 1. The van der Waals surface area contributed by atoms with Crippen molar-refractivity contribution in [3.8, 4) is 10.6 Å². The SMILES string of the molecule is c1cncc(CNCc2cn[nH]c2-c2cccs2)c1. The average molecular weight is 270 g/mol. The molecule has 3 heterocycles. The number of H-pyrrole nitrogens is 1. The minimum absolute atomic E-state index is 0.790. The third-order valence-electron chi connectivity index (χ3n) is 2.85. The van der Waals surface area contributed by atoms with E-state index >= 15 is 0 Å². The highest BCUT2D eigenvalue weighted by molar-refractivity contribution is 7.13. The van der Waals surface area contributed by atoms with Crippen LogP contribution >= 0.6 is 11.3 Å². The third-order valence-corrected chi connectivity index (χ3v) is 3.74. The van der Waals surface area contributed by atoms with Crippen molar-refractivity contribution in [3.05, 3.63) is 59.4 Å². The van der Waals surface area contributed by atoms with Crippen LogP contribution in [-0.2, 0) is 13.1 Å². The molecule has 3 rings (SSSR count). The lowest BCUT2D eigenvalue weighted by Crippen LogP contribution is -2.12. The lowest BCUT2D eigenvalue weighted by molar-refractivity contribution is 0.692. The van der Waals surface area contributed by atoms with Crippen LogP contribution < -0.4 is 5.32 Å². The van der Waals surface area contributed by atoms with Crippen molar-refractivity contribution in [1.29, 1.82) is 0 Å². The first-order chi connectivity index (χ1) is 9.43. The predicted molar refractivity (Wildman–Crippen MR) is 76.7 cm³/mol. The first kappa shape index (κ1) is 12.1. The molecule has 5 heteroatoms. The van der Waals surface area contributed by atoms with Gasteiger partial charge in [-0.05, 0) is 23.1 Å². The van der Waals surface area contributed by atoms with Crippen LogP contribution in [-0.4, -0.2) is 15.2 Å². The number of hydrogen-bond donors (Lipinski definition) is 2. The molecule has 0 fully saturated rings. The van der Waals surface area contributed by atoms with Crippen molar-refractivity contribution >= 4 is 11.3 Å². The van der Waals surface area contributed by atoms with Crippen molar-refractivity contribution in [1.82, 2.24) is 20.5 Å². The summed E-state index contributed by atoms with van der Waals surface area (Å²) in [6.07, 6.45) is 5.54. The molecule has 0 aliphatic heterocycles. The summed E-state index contributed by atoms with van der Waals surface area (Å²) in [5.41, 5.74) is 3.48. The fourth-order valence-corrected chi connectivity index (χ4v) is 2.68. The van der Waals surface area contributed by atoms with E-state index in [1.165, 1.54) is 16.0 Å². The zero-order valence-corrected chi connectivity index (χ0v) is 11.2. The Morgan fingerprint density at radius 2 is 2.16 bits per heavy atom. The summed E-state index contributed by atoms with van der Waals surface area (Å²) in [5.74, 6) is 0. The molecule has 0 bridgehead atoms. The van der Waals surface area contributed by atoms with E-state index in [4.69, 9.17) is 0 Å². The molecule has 3 aromatic heterocycles. The van der Waals surface area contributed by atoms with Gasteiger partial charge in [-0.1, -0.05) is 12.1 Å². The van der Waals surface area contributed by atoms with Gasteiger partial charge in [-0.15, -0.1) is 11.3 Å². The Morgan fingerprint density at radius 3 is 2.95 bits per heavy atom. The molecule has 0 saturated carbocycles. The first-order valence-electron chi connectivity index (χ1n) is 6.09. The second kappa shape index (κ2) is 5.77. The monoisotopic (exact) mass is 270 g/mol. The molecule has 4 nitrogen and oxygen atoms in total. The van der Waals surface area contributed by atoms with Crippen LogP contribution in [0.1, 0.15) is 11.1 Å². The number of rotatable bonds is 5. The molecule has 0 amide bonds. The molecule has 0 aliphatic rings. The van der Waals surface area contributed by atoms with Crippen molar-refractivity contribution in [3.63, 3.8) is 0 Å². The lowest BCUT2D eigenvalue weighted by Gasteiger charge is -2.04. The van der Waals surface area contributed by atoms with Crippen LogP contribution in [0.2, 0.25) is 0 Å². The topological polar surface area (TPSA) is 53.6 Å². The summed E-state index contributed by atoms with van der Waals surface area (Å²) in [6.45, 7) is 1.60. The molecule has 0 saturated heterocycles. The van der Waals surface area contributed by atoms with Crippen molar-refractivity contribution in [2.24, 2.45) is 0 Å². The summed E-state index contributed by atoms with van der Waals surface area (Å²) < 4.78 is 0. The number of nitrogens with zero attached hydrogens (tertiary/aromatic N) is 2. The summed E-state index contributed by atoms with van der Waals surface area (Å²) in [6, 6.07) is 8.16. The van der Waals surface area contributed by atoms with Gasteiger partial charge in [-0.2, -0.15) is 5.10 Å². The molecular formula is C14H14N4S. The number of pyridine rings is 1. The number of aromatic amines is 1. The van der Waals surface area contributed by atoms with Crippen LogP contribution in [0, 0.1) is 0 Å². The molecule has 0 radical (unpaired) electrons. The van der Waals surface area contributed by atoms with Crippen molar-refractivity contribution in [2.75, 3.05) is 0 Å². The Kier molecular flexibility index (Phi) is 3.67. The van der Waals surface area contributed by atoms with Gasteiger partial charge in [0.05, 0.1) is 16.8 Å². The maximum Gasteiger partial charge on any atom is 0.0794 e. The van der Waals surface area contributed by atoms with E-state index in [-0.39, 0.29) is 0 Å². The average Bonchev–Trinajstić information content (AvgIpc) is 3.10. The molecule has 0 aromatic carbocycles. The molecule has 19 heavy (non-hydrogen) atoms. The van der Waals surface area contributed by atoms with Crippen LogP contribution in [0.4, 0.5) is 0 Å². The Bertz CT molecular complexity index is 616. The molecule has 3 aromatic rings. The zero-order valence-electron chi connectivity index (χ0n) is 10.3.